The van der Waals surface area contributed by atoms with E-state index in [2.05, 4.69) is 219 Å². The van der Waals surface area contributed by atoms with Crippen LogP contribution in [0, 0.1) is 0 Å². The first kappa shape index (κ1) is 32.3. The topological polar surface area (TPSA) is 3.24 Å². The minimum atomic E-state index is -0.485. The molecule has 0 N–H and O–H groups in total. The Balaban J connectivity index is 1.16. The minimum Gasteiger partial charge on any atom is -0.310 e. The minimum absolute atomic E-state index is 0.130. The van der Waals surface area contributed by atoms with Crippen LogP contribution in [0.5, 0.6) is 0 Å². The number of anilines is 3. The molecule has 0 amide bonds. The summed E-state index contributed by atoms with van der Waals surface area (Å²) in [5.74, 6) is 0. The van der Waals surface area contributed by atoms with E-state index in [0.29, 0.717) is 0 Å². The van der Waals surface area contributed by atoms with Crippen molar-refractivity contribution in [2.75, 3.05) is 4.90 Å². The van der Waals surface area contributed by atoms with Gasteiger partial charge in [-0.25, -0.2) is 0 Å². The van der Waals surface area contributed by atoms with Crippen LogP contribution in [0.3, 0.4) is 0 Å². The molecule has 9 aromatic rings. The first-order chi connectivity index (χ1) is 28.0. The van der Waals surface area contributed by atoms with Crippen LogP contribution < -0.4 is 4.90 Å². The Hall–Kier alpha value is -6.96. The van der Waals surface area contributed by atoms with Gasteiger partial charge in [-0.05, 0) is 113 Å². The van der Waals surface area contributed by atoms with Crippen molar-refractivity contribution in [2.24, 2.45) is 0 Å². The largest absolute Gasteiger partial charge is 0.310 e. The number of benzene rings is 9. The zero-order chi connectivity index (χ0) is 37.9. The van der Waals surface area contributed by atoms with Gasteiger partial charge in [0.2, 0.25) is 0 Å². The van der Waals surface area contributed by atoms with E-state index in [4.69, 9.17) is 0 Å². The van der Waals surface area contributed by atoms with E-state index in [0.717, 1.165) is 17.1 Å². The Kier molecular flexibility index (Phi) is 6.67. The van der Waals surface area contributed by atoms with Gasteiger partial charge in [0.25, 0.3) is 0 Å². The first-order valence-electron chi connectivity index (χ1n) is 20.1. The van der Waals surface area contributed by atoms with E-state index in [1.54, 1.807) is 0 Å². The van der Waals surface area contributed by atoms with Gasteiger partial charge < -0.3 is 4.90 Å². The normalized spacial score (nSPS) is 16.1. The van der Waals surface area contributed by atoms with Crippen molar-refractivity contribution in [2.45, 2.75) is 24.7 Å². The van der Waals surface area contributed by atoms with E-state index in [1.165, 1.54) is 88.7 Å². The maximum absolute atomic E-state index is 2.53. The lowest BCUT2D eigenvalue weighted by atomic mass is 9.69. The van der Waals surface area contributed by atoms with Crippen molar-refractivity contribution < 1.29 is 0 Å². The molecule has 12 rings (SSSR count). The van der Waals surface area contributed by atoms with Crippen LogP contribution in [-0.2, 0) is 10.8 Å². The Bertz CT molecular complexity index is 3100. The monoisotopic (exact) mass is 725 g/mol. The van der Waals surface area contributed by atoms with Gasteiger partial charge in [-0.15, -0.1) is 0 Å². The van der Waals surface area contributed by atoms with Gasteiger partial charge in [0, 0.05) is 22.4 Å². The second-order valence-corrected chi connectivity index (χ2v) is 16.4. The summed E-state index contributed by atoms with van der Waals surface area (Å²) in [7, 11) is 0. The maximum atomic E-state index is 2.53. The molecule has 0 aromatic heterocycles. The fourth-order valence-corrected chi connectivity index (χ4v) is 10.8. The number of hydrogen-bond acceptors (Lipinski definition) is 1. The molecule has 0 saturated carbocycles. The Morgan fingerprint density at radius 2 is 0.842 bits per heavy atom. The number of nitrogens with zero attached hydrogens (tertiary/aromatic N) is 1. The third kappa shape index (κ3) is 4.29. The van der Waals surface area contributed by atoms with Crippen molar-refractivity contribution in [3.8, 4) is 44.5 Å². The van der Waals surface area contributed by atoms with Crippen molar-refractivity contribution in [3.05, 3.63) is 234 Å². The van der Waals surface area contributed by atoms with E-state index in [-0.39, 0.29) is 5.41 Å². The molecule has 0 saturated heterocycles. The quantitative estimate of drug-likeness (QED) is 0.175. The summed E-state index contributed by atoms with van der Waals surface area (Å²) >= 11 is 0. The van der Waals surface area contributed by atoms with Crippen LogP contribution in [0.4, 0.5) is 17.1 Å². The lowest BCUT2D eigenvalue weighted by Crippen LogP contribution is -2.26. The van der Waals surface area contributed by atoms with Crippen molar-refractivity contribution in [1.29, 1.82) is 0 Å². The van der Waals surface area contributed by atoms with Crippen molar-refractivity contribution in [1.82, 2.24) is 0 Å². The summed E-state index contributed by atoms with van der Waals surface area (Å²) < 4.78 is 0. The molecule has 9 aromatic carbocycles. The third-order valence-electron chi connectivity index (χ3n) is 13.3. The third-order valence-corrected chi connectivity index (χ3v) is 13.3. The van der Waals surface area contributed by atoms with Gasteiger partial charge in [0.15, 0.2) is 0 Å². The molecule has 57 heavy (non-hydrogen) atoms. The number of fused-ring (bicyclic) bond motifs is 15. The zero-order valence-corrected chi connectivity index (χ0v) is 32.0. The molecule has 3 aliphatic carbocycles. The molecule has 1 unspecified atom stereocenters. The Morgan fingerprint density at radius 3 is 1.56 bits per heavy atom. The SMILES string of the molecule is CC1(C)c2ccccc2-c2ccc(N(c3ccc4c(c3)C3(c5ccccc5-4)c4ccccc4-c4ccc5ccccc5c43)c3ccccc3-c3ccccc3)cc21. The average molecular weight is 726 g/mol. The standard InChI is InChI=1S/C56H39N/c1-55(2)48-24-12-8-21-42(48)45-32-29-38(34-51(45)55)57(53-27-15-11-19-40(53)36-16-4-3-5-17-36)39-30-33-46-43-22-9-13-25-49(43)56(52(46)35-39)50-26-14-10-23-44(50)47-31-28-37-18-6-7-20-41(37)54(47)56/h3-35H,1-2H3. The molecule has 1 nitrogen and oxygen atoms in total. The molecule has 3 aliphatic rings. The smallest absolute Gasteiger partial charge is 0.0732 e. The number of para-hydroxylation sites is 1. The highest BCUT2D eigenvalue weighted by Gasteiger charge is 2.52. The lowest BCUT2D eigenvalue weighted by Gasteiger charge is -2.33. The van der Waals surface area contributed by atoms with Gasteiger partial charge in [-0.1, -0.05) is 184 Å². The number of hydrogen-bond donors (Lipinski definition) is 0. The van der Waals surface area contributed by atoms with E-state index in [9.17, 15) is 0 Å². The molecule has 268 valence electrons. The van der Waals surface area contributed by atoms with Gasteiger partial charge >= 0.3 is 0 Å². The molecular formula is C56H39N. The fourth-order valence-electron chi connectivity index (χ4n) is 10.8. The average Bonchev–Trinajstić information content (AvgIpc) is 3.83. The lowest BCUT2D eigenvalue weighted by molar-refractivity contribution is 0.660. The summed E-state index contributed by atoms with van der Waals surface area (Å²) in [5.41, 5.74) is 21.3. The summed E-state index contributed by atoms with van der Waals surface area (Å²) in [6, 6.07) is 75.0. The van der Waals surface area contributed by atoms with Crippen LogP contribution in [0.1, 0.15) is 47.2 Å². The number of rotatable bonds is 4. The van der Waals surface area contributed by atoms with Crippen molar-refractivity contribution >= 4 is 27.8 Å². The van der Waals surface area contributed by atoms with Crippen molar-refractivity contribution in [3.63, 3.8) is 0 Å². The maximum Gasteiger partial charge on any atom is 0.0732 e. The zero-order valence-electron chi connectivity index (χ0n) is 32.0. The molecule has 0 heterocycles. The first-order valence-corrected chi connectivity index (χ1v) is 20.1. The van der Waals surface area contributed by atoms with Gasteiger partial charge in [-0.2, -0.15) is 0 Å². The highest BCUT2D eigenvalue weighted by molar-refractivity contribution is 6.04. The molecule has 0 radical (unpaired) electrons. The summed E-state index contributed by atoms with van der Waals surface area (Å²) in [5, 5.41) is 2.58. The molecule has 1 spiro atoms. The second kappa shape index (κ2) is 11.8. The predicted octanol–water partition coefficient (Wildman–Crippen LogP) is 14.6. The highest BCUT2D eigenvalue weighted by Crippen LogP contribution is 2.65. The van der Waals surface area contributed by atoms with Gasteiger partial charge in [0.05, 0.1) is 11.1 Å². The molecule has 1 atom stereocenters. The molecule has 1 heteroatoms. The second-order valence-electron chi connectivity index (χ2n) is 16.4. The summed E-state index contributed by atoms with van der Waals surface area (Å²) in [6.45, 7) is 4.75. The van der Waals surface area contributed by atoms with Gasteiger partial charge in [-0.3, -0.25) is 0 Å². The van der Waals surface area contributed by atoms with Gasteiger partial charge in [0.1, 0.15) is 0 Å². The van der Waals surface area contributed by atoms with E-state index in [1.807, 2.05) is 0 Å². The van der Waals surface area contributed by atoms with Crippen LogP contribution in [0.2, 0.25) is 0 Å². The van der Waals surface area contributed by atoms with Crippen LogP contribution in [-0.4, -0.2) is 0 Å². The fraction of sp³-hybridized carbons (Fsp3) is 0.0714. The van der Waals surface area contributed by atoms with E-state index < -0.39 is 5.41 Å². The van der Waals surface area contributed by atoms with Crippen LogP contribution in [0.25, 0.3) is 55.3 Å². The Labute approximate surface area is 334 Å². The Morgan fingerprint density at radius 1 is 0.351 bits per heavy atom. The molecule has 0 bridgehead atoms. The molecule has 0 aliphatic heterocycles. The molecule has 0 fully saturated rings. The summed E-state index contributed by atoms with van der Waals surface area (Å²) in [6.07, 6.45) is 0. The predicted molar refractivity (Wildman–Crippen MR) is 238 cm³/mol. The van der Waals surface area contributed by atoms with E-state index >= 15 is 0 Å². The van der Waals surface area contributed by atoms with Crippen LogP contribution >= 0.6 is 0 Å². The van der Waals surface area contributed by atoms with Crippen LogP contribution in [0.15, 0.2) is 200 Å². The molecular weight excluding hydrogens is 687 g/mol. The highest BCUT2D eigenvalue weighted by atomic mass is 15.1. The summed E-state index contributed by atoms with van der Waals surface area (Å²) in [4.78, 5) is 2.52.